The lowest BCUT2D eigenvalue weighted by Gasteiger charge is -2.12. The van der Waals surface area contributed by atoms with Crippen molar-refractivity contribution < 1.29 is 27.8 Å². The molecule has 0 aliphatic rings. The number of nitrogens with one attached hydrogen (secondary N) is 1. The van der Waals surface area contributed by atoms with E-state index in [4.69, 9.17) is 23.0 Å². The smallest absolute Gasteiger partial charge is 0.277 e. The van der Waals surface area contributed by atoms with Gasteiger partial charge in [0, 0.05) is 5.56 Å². The van der Waals surface area contributed by atoms with Crippen molar-refractivity contribution in [1.82, 2.24) is 15.5 Å². The quantitative estimate of drug-likeness (QED) is 0.522. The second-order valence-corrected chi connectivity index (χ2v) is 6.81. The van der Waals surface area contributed by atoms with Gasteiger partial charge in [0.1, 0.15) is 5.76 Å². The molecule has 3 rings (SSSR count). The normalized spacial score (nSPS) is 11.7. The zero-order valence-corrected chi connectivity index (χ0v) is 17.2. The molecule has 0 radical (unpaired) electrons. The zero-order valence-electron chi connectivity index (χ0n) is 16.4. The predicted octanol–water partition coefficient (Wildman–Crippen LogP) is 3.32. The Morgan fingerprint density at radius 2 is 1.90 bits per heavy atom. The predicted molar refractivity (Wildman–Crippen MR) is 105 cm³/mol. The molecule has 1 atom stereocenters. The molecule has 9 nitrogen and oxygen atoms in total. The first-order valence-corrected chi connectivity index (χ1v) is 9.63. The number of carbonyl (C=O) groups excluding carboxylic acids is 1. The van der Waals surface area contributed by atoms with E-state index >= 15 is 0 Å². The van der Waals surface area contributed by atoms with Crippen LogP contribution in [-0.4, -0.2) is 43.2 Å². The number of hydrogen-bond acceptors (Lipinski definition) is 9. The molecule has 0 fully saturated rings. The van der Waals surface area contributed by atoms with Crippen LogP contribution in [0.5, 0.6) is 17.2 Å². The van der Waals surface area contributed by atoms with E-state index in [1.165, 1.54) is 21.3 Å². The maximum atomic E-state index is 12.1. The van der Waals surface area contributed by atoms with Crippen molar-refractivity contribution in [2.75, 3.05) is 27.1 Å². The lowest BCUT2D eigenvalue weighted by atomic mass is 10.2. The molecule has 154 valence electrons. The Kier molecular flexibility index (Phi) is 6.65. The zero-order chi connectivity index (χ0) is 20.8. The van der Waals surface area contributed by atoms with Crippen molar-refractivity contribution >= 4 is 17.7 Å². The van der Waals surface area contributed by atoms with Crippen LogP contribution in [0.4, 0.5) is 0 Å². The number of carbonyl (C=O) groups is 1. The van der Waals surface area contributed by atoms with Crippen LogP contribution in [0.15, 0.2) is 44.6 Å². The van der Waals surface area contributed by atoms with Crippen LogP contribution in [0.3, 0.4) is 0 Å². The third kappa shape index (κ3) is 4.83. The average molecular weight is 419 g/mol. The van der Waals surface area contributed by atoms with Gasteiger partial charge in [0.05, 0.1) is 39.4 Å². The Balaban J connectivity index is 1.65. The van der Waals surface area contributed by atoms with Crippen molar-refractivity contribution in [3.8, 4) is 28.7 Å². The minimum Gasteiger partial charge on any atom is -0.493 e. The monoisotopic (exact) mass is 419 g/mol. The van der Waals surface area contributed by atoms with Gasteiger partial charge >= 0.3 is 0 Å². The summed E-state index contributed by atoms with van der Waals surface area (Å²) in [7, 11) is 4.58. The Hall–Kier alpha value is -3.14. The molecular weight excluding hydrogens is 398 g/mol. The Labute approximate surface area is 171 Å². The van der Waals surface area contributed by atoms with Crippen molar-refractivity contribution in [1.29, 1.82) is 0 Å². The van der Waals surface area contributed by atoms with Crippen LogP contribution >= 0.6 is 11.8 Å². The van der Waals surface area contributed by atoms with Crippen molar-refractivity contribution in [2.24, 2.45) is 0 Å². The molecule has 2 heterocycles. The third-order valence-corrected chi connectivity index (χ3v) is 4.81. The van der Waals surface area contributed by atoms with E-state index in [0.29, 0.717) is 28.6 Å². The van der Waals surface area contributed by atoms with Crippen LogP contribution in [0.1, 0.15) is 18.7 Å². The fraction of sp³-hybridized carbons (Fsp3) is 0.316. The van der Waals surface area contributed by atoms with Gasteiger partial charge in [0.2, 0.25) is 17.5 Å². The highest BCUT2D eigenvalue weighted by molar-refractivity contribution is 7.99. The van der Waals surface area contributed by atoms with Gasteiger partial charge in [-0.1, -0.05) is 11.8 Å². The van der Waals surface area contributed by atoms with Gasteiger partial charge in [-0.2, -0.15) is 0 Å². The first-order valence-electron chi connectivity index (χ1n) is 8.65. The van der Waals surface area contributed by atoms with Crippen LogP contribution in [0, 0.1) is 0 Å². The minimum atomic E-state index is -0.226. The van der Waals surface area contributed by atoms with E-state index in [9.17, 15) is 4.79 Å². The molecule has 2 aromatic heterocycles. The highest BCUT2D eigenvalue weighted by Gasteiger charge is 2.18. The lowest BCUT2D eigenvalue weighted by molar-refractivity contribution is -0.119. The van der Waals surface area contributed by atoms with E-state index in [2.05, 4.69) is 15.5 Å². The summed E-state index contributed by atoms with van der Waals surface area (Å²) in [5.41, 5.74) is 0.606. The molecule has 0 unspecified atom stereocenters. The van der Waals surface area contributed by atoms with Crippen molar-refractivity contribution in [3.05, 3.63) is 36.3 Å². The summed E-state index contributed by atoms with van der Waals surface area (Å²) >= 11 is 1.14. The topological polar surface area (TPSA) is 109 Å². The average Bonchev–Trinajstić information content (AvgIpc) is 3.43. The molecule has 1 aromatic carbocycles. The van der Waals surface area contributed by atoms with Gasteiger partial charge in [-0.25, -0.2) is 0 Å². The molecule has 1 amide bonds. The molecular formula is C19H21N3O6S. The van der Waals surface area contributed by atoms with Gasteiger partial charge in [0.25, 0.3) is 5.22 Å². The first kappa shape index (κ1) is 20.6. The number of aromatic nitrogens is 2. The number of nitrogens with zero attached hydrogens (tertiary/aromatic N) is 2. The summed E-state index contributed by atoms with van der Waals surface area (Å²) in [6.07, 6.45) is 1.57. The number of hydrogen-bond donors (Lipinski definition) is 1. The van der Waals surface area contributed by atoms with Gasteiger partial charge in [0.15, 0.2) is 11.5 Å². The number of rotatable bonds is 9. The molecule has 3 aromatic rings. The summed E-state index contributed by atoms with van der Waals surface area (Å²) in [4.78, 5) is 12.1. The number of thioether (sulfide) groups is 1. The van der Waals surface area contributed by atoms with Crippen molar-refractivity contribution in [3.63, 3.8) is 0 Å². The Morgan fingerprint density at radius 1 is 1.17 bits per heavy atom. The Morgan fingerprint density at radius 3 is 2.48 bits per heavy atom. The molecule has 10 heteroatoms. The second kappa shape index (κ2) is 9.37. The van der Waals surface area contributed by atoms with Gasteiger partial charge in [-0.05, 0) is 31.2 Å². The summed E-state index contributed by atoms with van der Waals surface area (Å²) in [6.45, 7) is 1.84. The molecule has 0 bridgehead atoms. The molecule has 0 aliphatic heterocycles. The fourth-order valence-corrected chi connectivity index (χ4v) is 3.18. The second-order valence-electron chi connectivity index (χ2n) is 5.88. The standard InChI is InChI=1S/C19H21N3O6S/c1-11(13-6-5-7-27-13)20-16(23)10-29-19-22-21-18(28-19)12-8-14(24-2)17(26-4)15(9-12)25-3/h5-9,11H,10H2,1-4H3,(H,20,23)/t11-/m0/s1. The number of amides is 1. The van der Waals surface area contributed by atoms with E-state index < -0.39 is 0 Å². The summed E-state index contributed by atoms with van der Waals surface area (Å²) in [5.74, 6) is 2.33. The van der Waals surface area contributed by atoms with E-state index in [1.54, 1.807) is 30.5 Å². The number of benzene rings is 1. The van der Waals surface area contributed by atoms with Gasteiger partial charge in [-0.15, -0.1) is 10.2 Å². The largest absolute Gasteiger partial charge is 0.493 e. The summed E-state index contributed by atoms with van der Waals surface area (Å²) < 4.78 is 26.9. The van der Waals surface area contributed by atoms with Crippen LogP contribution in [0.2, 0.25) is 0 Å². The summed E-state index contributed by atoms with van der Waals surface area (Å²) in [5, 5.41) is 11.1. The maximum Gasteiger partial charge on any atom is 0.277 e. The van der Waals surface area contributed by atoms with E-state index in [-0.39, 0.29) is 28.8 Å². The molecule has 0 spiro atoms. The number of methoxy groups -OCH3 is 3. The van der Waals surface area contributed by atoms with Gasteiger partial charge < -0.3 is 28.4 Å². The van der Waals surface area contributed by atoms with Gasteiger partial charge in [-0.3, -0.25) is 4.79 Å². The van der Waals surface area contributed by atoms with E-state index in [0.717, 1.165) is 11.8 Å². The van der Waals surface area contributed by atoms with Crippen LogP contribution in [-0.2, 0) is 4.79 Å². The molecule has 1 N–H and O–H groups in total. The first-order chi connectivity index (χ1) is 14.0. The minimum absolute atomic E-state index is 0.127. The number of furan rings is 1. The SMILES string of the molecule is COc1cc(-c2nnc(SCC(=O)N[C@@H](C)c3ccco3)o2)cc(OC)c1OC. The lowest BCUT2D eigenvalue weighted by Crippen LogP contribution is -2.27. The van der Waals surface area contributed by atoms with Crippen LogP contribution < -0.4 is 19.5 Å². The fourth-order valence-electron chi connectivity index (χ4n) is 2.61. The summed E-state index contributed by atoms with van der Waals surface area (Å²) in [6, 6.07) is 6.77. The molecule has 0 saturated carbocycles. The molecule has 29 heavy (non-hydrogen) atoms. The third-order valence-electron chi connectivity index (χ3n) is 3.99. The highest BCUT2D eigenvalue weighted by atomic mass is 32.2. The maximum absolute atomic E-state index is 12.1. The number of ether oxygens (including phenoxy) is 3. The van der Waals surface area contributed by atoms with Crippen molar-refractivity contribution in [2.45, 2.75) is 18.2 Å². The van der Waals surface area contributed by atoms with Crippen LogP contribution in [0.25, 0.3) is 11.5 Å². The Bertz CT molecular complexity index is 932. The molecule has 0 aliphatic carbocycles. The molecule has 0 saturated heterocycles. The van der Waals surface area contributed by atoms with E-state index in [1.807, 2.05) is 6.92 Å². The highest BCUT2D eigenvalue weighted by Crippen LogP contribution is 2.41.